The van der Waals surface area contributed by atoms with Crippen molar-refractivity contribution >= 4 is 21.4 Å². The molecule has 1 aliphatic rings. The first-order valence-electron chi connectivity index (χ1n) is 6.71. The minimum Gasteiger partial charge on any atom is -0.491 e. The van der Waals surface area contributed by atoms with E-state index in [0.29, 0.717) is 12.7 Å². The van der Waals surface area contributed by atoms with Gasteiger partial charge in [-0.2, -0.15) is 0 Å². The molecule has 0 N–H and O–H groups in total. The Bertz CT molecular complexity index is 726. The van der Waals surface area contributed by atoms with Crippen LogP contribution in [0, 0.1) is 0 Å². The van der Waals surface area contributed by atoms with E-state index in [0.717, 1.165) is 12.4 Å². The lowest BCUT2D eigenvalue weighted by Crippen LogP contribution is -2.03. The van der Waals surface area contributed by atoms with Crippen molar-refractivity contribution in [3.8, 4) is 16.9 Å². The highest BCUT2D eigenvalue weighted by molar-refractivity contribution is 7.17. The predicted octanol–water partition coefficient (Wildman–Crippen LogP) is 4.35. The van der Waals surface area contributed by atoms with Gasteiger partial charge in [-0.25, -0.2) is 0 Å². The molecule has 1 atom stereocenters. The fourth-order valence-electron chi connectivity index (χ4n) is 2.29. The molecule has 2 aromatic carbocycles. The van der Waals surface area contributed by atoms with Crippen molar-refractivity contribution in [2.24, 2.45) is 0 Å². The van der Waals surface area contributed by atoms with Gasteiger partial charge in [0.1, 0.15) is 18.5 Å². The van der Waals surface area contributed by atoms with Gasteiger partial charge in [0, 0.05) is 15.6 Å². The van der Waals surface area contributed by atoms with E-state index in [4.69, 9.17) is 9.47 Å². The molecule has 3 aromatic rings. The summed E-state index contributed by atoms with van der Waals surface area (Å²) >= 11 is 1.79. The highest BCUT2D eigenvalue weighted by atomic mass is 32.1. The lowest BCUT2D eigenvalue weighted by molar-refractivity contribution is 0.263. The highest BCUT2D eigenvalue weighted by Gasteiger charge is 2.22. The monoisotopic (exact) mass is 282 g/mol. The van der Waals surface area contributed by atoms with Gasteiger partial charge >= 0.3 is 0 Å². The third kappa shape index (κ3) is 2.30. The fourth-order valence-corrected chi connectivity index (χ4v) is 3.26. The Hall–Kier alpha value is -1.84. The highest BCUT2D eigenvalue weighted by Crippen LogP contribution is 2.34. The van der Waals surface area contributed by atoms with E-state index in [1.165, 1.54) is 21.2 Å². The van der Waals surface area contributed by atoms with Crippen LogP contribution >= 0.6 is 11.3 Å². The summed E-state index contributed by atoms with van der Waals surface area (Å²) in [5, 5.41) is 3.54. The molecule has 20 heavy (non-hydrogen) atoms. The molecule has 0 aliphatic carbocycles. The van der Waals surface area contributed by atoms with Gasteiger partial charge in [-0.1, -0.05) is 30.3 Å². The van der Waals surface area contributed by atoms with E-state index in [-0.39, 0.29) is 0 Å². The number of rotatable bonds is 4. The molecule has 4 rings (SSSR count). The zero-order chi connectivity index (χ0) is 13.4. The number of benzene rings is 2. The predicted molar refractivity (Wildman–Crippen MR) is 82.5 cm³/mol. The zero-order valence-corrected chi connectivity index (χ0v) is 11.7. The summed E-state index contributed by atoms with van der Waals surface area (Å²) in [6.07, 6.45) is 0.301. The Morgan fingerprint density at radius 2 is 1.90 bits per heavy atom. The summed E-state index contributed by atoms with van der Waals surface area (Å²) in [4.78, 5) is 0. The average Bonchev–Trinajstić information content (AvgIpc) is 3.23. The van der Waals surface area contributed by atoms with Gasteiger partial charge in [0.2, 0.25) is 0 Å². The van der Waals surface area contributed by atoms with Crippen LogP contribution in [0.5, 0.6) is 5.75 Å². The van der Waals surface area contributed by atoms with Crippen LogP contribution in [0.25, 0.3) is 21.2 Å². The van der Waals surface area contributed by atoms with Crippen LogP contribution in [0.3, 0.4) is 0 Å². The maximum absolute atomic E-state index is 5.67. The molecule has 0 bridgehead atoms. The summed E-state index contributed by atoms with van der Waals surface area (Å²) in [5.74, 6) is 0.906. The molecule has 0 radical (unpaired) electrons. The molecule has 100 valence electrons. The number of hydrogen-bond donors (Lipinski definition) is 0. The number of epoxide rings is 1. The van der Waals surface area contributed by atoms with Crippen LogP contribution in [-0.4, -0.2) is 19.3 Å². The van der Waals surface area contributed by atoms with E-state index in [2.05, 4.69) is 41.8 Å². The summed E-state index contributed by atoms with van der Waals surface area (Å²) < 4.78 is 12.1. The first-order chi connectivity index (χ1) is 9.90. The molecule has 0 unspecified atom stereocenters. The second-order valence-electron chi connectivity index (χ2n) is 4.94. The van der Waals surface area contributed by atoms with Gasteiger partial charge < -0.3 is 9.47 Å². The SMILES string of the molecule is c1ccc2c(-c3ccc(OC[C@H]4CO4)cc3)csc2c1. The Morgan fingerprint density at radius 3 is 2.70 bits per heavy atom. The molecule has 0 amide bonds. The maximum atomic E-state index is 5.67. The lowest BCUT2D eigenvalue weighted by Gasteiger charge is -2.05. The Kier molecular flexibility index (Phi) is 2.94. The number of ether oxygens (including phenoxy) is 2. The van der Waals surface area contributed by atoms with Gasteiger partial charge in [-0.05, 0) is 29.1 Å². The number of hydrogen-bond acceptors (Lipinski definition) is 3. The topological polar surface area (TPSA) is 21.8 Å². The smallest absolute Gasteiger partial charge is 0.119 e. The van der Waals surface area contributed by atoms with Crippen molar-refractivity contribution < 1.29 is 9.47 Å². The maximum Gasteiger partial charge on any atom is 0.119 e. The number of fused-ring (bicyclic) bond motifs is 1. The minimum absolute atomic E-state index is 0.301. The zero-order valence-electron chi connectivity index (χ0n) is 10.9. The molecule has 2 heterocycles. The minimum atomic E-state index is 0.301. The van der Waals surface area contributed by atoms with Crippen LogP contribution in [0.4, 0.5) is 0 Å². The van der Waals surface area contributed by atoms with Gasteiger partial charge in [0.25, 0.3) is 0 Å². The molecule has 2 nitrogen and oxygen atoms in total. The van der Waals surface area contributed by atoms with Crippen molar-refractivity contribution in [1.29, 1.82) is 0 Å². The van der Waals surface area contributed by atoms with Crippen LogP contribution in [0.15, 0.2) is 53.9 Å². The first-order valence-corrected chi connectivity index (χ1v) is 7.59. The molecule has 1 aromatic heterocycles. The van der Waals surface area contributed by atoms with Crippen molar-refractivity contribution in [1.82, 2.24) is 0 Å². The van der Waals surface area contributed by atoms with Crippen molar-refractivity contribution in [3.63, 3.8) is 0 Å². The second kappa shape index (κ2) is 4.93. The van der Waals surface area contributed by atoms with Crippen LogP contribution in [0.1, 0.15) is 0 Å². The molecule has 1 fully saturated rings. The van der Waals surface area contributed by atoms with E-state index >= 15 is 0 Å². The lowest BCUT2D eigenvalue weighted by atomic mass is 10.0. The third-order valence-electron chi connectivity index (χ3n) is 3.48. The Balaban J connectivity index is 1.61. The Labute approximate surface area is 121 Å². The fraction of sp³-hybridized carbons (Fsp3) is 0.176. The number of thiophene rings is 1. The van der Waals surface area contributed by atoms with E-state index in [1.54, 1.807) is 11.3 Å². The Morgan fingerprint density at radius 1 is 1.10 bits per heavy atom. The normalized spacial score (nSPS) is 17.3. The first kappa shape index (κ1) is 11.9. The van der Waals surface area contributed by atoms with Crippen molar-refractivity contribution in [3.05, 3.63) is 53.9 Å². The standard InChI is InChI=1S/C17H14O2S/c1-2-4-17-15(3-1)16(11-20-17)12-5-7-13(8-6-12)18-9-14-10-19-14/h1-8,11,14H,9-10H2/t14-/m0/s1. The third-order valence-corrected chi connectivity index (χ3v) is 4.45. The molecular formula is C17H14O2S. The second-order valence-corrected chi connectivity index (χ2v) is 5.85. The van der Waals surface area contributed by atoms with Crippen LogP contribution in [0.2, 0.25) is 0 Å². The summed E-state index contributed by atoms with van der Waals surface area (Å²) in [6, 6.07) is 16.8. The molecule has 0 spiro atoms. The largest absolute Gasteiger partial charge is 0.491 e. The molecular weight excluding hydrogens is 268 g/mol. The van der Waals surface area contributed by atoms with Gasteiger partial charge in [-0.15, -0.1) is 11.3 Å². The van der Waals surface area contributed by atoms with E-state index < -0.39 is 0 Å². The molecule has 1 saturated heterocycles. The molecule has 1 aliphatic heterocycles. The quantitative estimate of drug-likeness (QED) is 0.664. The summed E-state index contributed by atoms with van der Waals surface area (Å²) in [6.45, 7) is 1.49. The summed E-state index contributed by atoms with van der Waals surface area (Å²) in [5.41, 5.74) is 2.53. The van der Waals surface area contributed by atoms with E-state index in [1.807, 2.05) is 12.1 Å². The van der Waals surface area contributed by atoms with E-state index in [9.17, 15) is 0 Å². The van der Waals surface area contributed by atoms with Gasteiger partial charge in [0.15, 0.2) is 0 Å². The van der Waals surface area contributed by atoms with Crippen LogP contribution < -0.4 is 4.74 Å². The van der Waals surface area contributed by atoms with Crippen molar-refractivity contribution in [2.45, 2.75) is 6.10 Å². The van der Waals surface area contributed by atoms with Crippen molar-refractivity contribution in [2.75, 3.05) is 13.2 Å². The molecule has 0 saturated carbocycles. The molecule has 3 heteroatoms. The average molecular weight is 282 g/mol. The van der Waals surface area contributed by atoms with Gasteiger partial charge in [-0.3, -0.25) is 0 Å². The summed E-state index contributed by atoms with van der Waals surface area (Å²) in [7, 11) is 0. The van der Waals surface area contributed by atoms with Gasteiger partial charge in [0.05, 0.1) is 6.61 Å². The van der Waals surface area contributed by atoms with Crippen LogP contribution in [-0.2, 0) is 4.74 Å².